The molecule has 1 N–H and O–H groups in total. The van der Waals surface area contributed by atoms with Crippen LogP contribution in [0.2, 0.25) is 0 Å². The molecule has 1 fully saturated rings. The molecule has 0 saturated heterocycles. The van der Waals surface area contributed by atoms with Crippen molar-refractivity contribution in [3.05, 3.63) is 47.0 Å². The molecule has 110 valence electrons. The molecule has 0 bridgehead atoms. The highest BCUT2D eigenvalue weighted by atomic mass is 16.2. The van der Waals surface area contributed by atoms with Gasteiger partial charge in [-0.1, -0.05) is 29.8 Å². The van der Waals surface area contributed by atoms with Crippen LogP contribution in [0.5, 0.6) is 0 Å². The van der Waals surface area contributed by atoms with Crippen molar-refractivity contribution in [3.8, 4) is 0 Å². The predicted molar refractivity (Wildman–Crippen MR) is 84.5 cm³/mol. The number of hydrogen-bond acceptors (Lipinski definition) is 2. The Kier molecular flexibility index (Phi) is 3.66. The summed E-state index contributed by atoms with van der Waals surface area (Å²) in [5.74, 6) is 0.467. The molecule has 3 heteroatoms. The smallest absolute Gasteiger partial charge is 0.272 e. The van der Waals surface area contributed by atoms with Crippen LogP contribution in [0.15, 0.2) is 35.9 Å². The van der Waals surface area contributed by atoms with Gasteiger partial charge in [-0.2, -0.15) is 0 Å². The van der Waals surface area contributed by atoms with Crippen LogP contribution in [-0.2, 0) is 11.2 Å². The Labute approximate surface area is 126 Å². The highest BCUT2D eigenvalue weighted by Crippen LogP contribution is 2.36. The van der Waals surface area contributed by atoms with E-state index in [1.165, 1.54) is 29.5 Å². The van der Waals surface area contributed by atoms with Crippen LogP contribution in [0.25, 0.3) is 0 Å². The van der Waals surface area contributed by atoms with Gasteiger partial charge in [0.15, 0.2) is 0 Å². The summed E-state index contributed by atoms with van der Waals surface area (Å²) < 4.78 is 0. The third-order valence-electron chi connectivity index (χ3n) is 4.68. The van der Waals surface area contributed by atoms with Gasteiger partial charge in [0.25, 0.3) is 5.91 Å². The summed E-state index contributed by atoms with van der Waals surface area (Å²) in [6.45, 7) is 4.80. The number of allylic oxidation sites excluding steroid dienone is 1. The third kappa shape index (κ3) is 2.78. The average Bonchev–Trinajstić information content (AvgIpc) is 3.32. The maximum atomic E-state index is 12.6. The molecular weight excluding hydrogens is 260 g/mol. The van der Waals surface area contributed by atoms with Crippen molar-refractivity contribution >= 4 is 11.6 Å². The summed E-state index contributed by atoms with van der Waals surface area (Å²) in [5.41, 5.74) is 3.85. The van der Waals surface area contributed by atoms with E-state index in [4.69, 9.17) is 5.41 Å². The number of carbonyl (C=O) groups is 1. The Morgan fingerprint density at radius 3 is 2.76 bits per heavy atom. The lowest BCUT2D eigenvalue weighted by Crippen LogP contribution is -2.41. The van der Waals surface area contributed by atoms with Crippen molar-refractivity contribution in [3.63, 3.8) is 0 Å². The summed E-state index contributed by atoms with van der Waals surface area (Å²) in [4.78, 5) is 14.4. The van der Waals surface area contributed by atoms with Crippen molar-refractivity contribution in [2.75, 3.05) is 6.54 Å². The maximum absolute atomic E-state index is 12.6. The molecule has 1 aromatic carbocycles. The normalized spacial score (nSPS) is 21.9. The zero-order valence-corrected chi connectivity index (χ0v) is 12.7. The van der Waals surface area contributed by atoms with Gasteiger partial charge in [0.1, 0.15) is 5.71 Å². The topological polar surface area (TPSA) is 44.2 Å². The number of carbonyl (C=O) groups excluding carboxylic acids is 1. The number of amides is 1. The molecule has 1 amide bonds. The molecule has 3 nitrogen and oxygen atoms in total. The predicted octanol–water partition coefficient (Wildman–Crippen LogP) is 3.51. The first-order chi connectivity index (χ1) is 10.1. The highest BCUT2D eigenvalue weighted by molar-refractivity contribution is 6.42. The van der Waals surface area contributed by atoms with E-state index < -0.39 is 0 Å². The summed E-state index contributed by atoms with van der Waals surface area (Å²) in [7, 11) is 0. The van der Waals surface area contributed by atoms with Crippen molar-refractivity contribution in [1.29, 1.82) is 5.41 Å². The molecule has 1 aliphatic heterocycles. The molecule has 1 heterocycles. The first kappa shape index (κ1) is 14.1. The van der Waals surface area contributed by atoms with E-state index in [1.807, 2.05) is 24.0 Å². The number of rotatable bonds is 3. The quantitative estimate of drug-likeness (QED) is 0.847. The van der Waals surface area contributed by atoms with Crippen LogP contribution in [0.4, 0.5) is 0 Å². The first-order valence-corrected chi connectivity index (χ1v) is 7.73. The van der Waals surface area contributed by atoms with Crippen LogP contribution in [0, 0.1) is 11.3 Å². The summed E-state index contributed by atoms with van der Waals surface area (Å²) >= 11 is 0. The van der Waals surface area contributed by atoms with Gasteiger partial charge in [-0.15, -0.1) is 0 Å². The Hall–Kier alpha value is -1.90. The molecule has 0 spiro atoms. The van der Waals surface area contributed by atoms with Gasteiger partial charge in [0.05, 0.1) is 6.04 Å². The summed E-state index contributed by atoms with van der Waals surface area (Å²) in [5, 5.41) is 8.09. The summed E-state index contributed by atoms with van der Waals surface area (Å²) in [6.07, 6.45) is 5.06. The minimum atomic E-state index is -0.142. The fourth-order valence-electron chi connectivity index (χ4n) is 3.15. The Morgan fingerprint density at radius 2 is 2.05 bits per heavy atom. The van der Waals surface area contributed by atoms with E-state index >= 15 is 0 Å². The zero-order chi connectivity index (χ0) is 15.0. The van der Waals surface area contributed by atoms with Crippen molar-refractivity contribution in [1.82, 2.24) is 4.90 Å². The van der Waals surface area contributed by atoms with Crippen LogP contribution < -0.4 is 0 Å². The van der Waals surface area contributed by atoms with E-state index in [0.717, 1.165) is 6.42 Å². The fraction of sp³-hybridized carbons (Fsp3) is 0.444. The van der Waals surface area contributed by atoms with Gasteiger partial charge < -0.3 is 4.90 Å². The summed E-state index contributed by atoms with van der Waals surface area (Å²) in [6, 6.07) is 8.35. The van der Waals surface area contributed by atoms with Gasteiger partial charge >= 0.3 is 0 Å². The number of nitrogens with zero attached hydrogens (tertiary/aromatic N) is 1. The Morgan fingerprint density at radius 1 is 1.33 bits per heavy atom. The lowest BCUT2D eigenvalue weighted by Gasteiger charge is -2.35. The van der Waals surface area contributed by atoms with Gasteiger partial charge in [0, 0.05) is 6.54 Å². The molecular formula is C18H22N2O. The van der Waals surface area contributed by atoms with Crippen LogP contribution in [-0.4, -0.2) is 23.1 Å². The van der Waals surface area contributed by atoms with Crippen molar-refractivity contribution in [2.45, 2.75) is 39.2 Å². The van der Waals surface area contributed by atoms with Crippen molar-refractivity contribution in [2.24, 2.45) is 5.92 Å². The molecule has 1 saturated carbocycles. The minimum absolute atomic E-state index is 0.0532. The van der Waals surface area contributed by atoms with Crippen LogP contribution >= 0.6 is 0 Å². The van der Waals surface area contributed by atoms with Crippen molar-refractivity contribution < 1.29 is 4.79 Å². The van der Waals surface area contributed by atoms with E-state index in [9.17, 15) is 4.79 Å². The second-order valence-corrected chi connectivity index (χ2v) is 6.20. The molecule has 0 radical (unpaired) electrons. The first-order valence-electron chi connectivity index (χ1n) is 7.73. The van der Waals surface area contributed by atoms with Crippen LogP contribution in [0.1, 0.15) is 43.9 Å². The monoisotopic (exact) mass is 282 g/mol. The Balaban J connectivity index is 1.76. The van der Waals surface area contributed by atoms with Gasteiger partial charge in [-0.25, -0.2) is 0 Å². The molecule has 21 heavy (non-hydrogen) atoms. The second kappa shape index (κ2) is 5.47. The van der Waals surface area contributed by atoms with Crippen LogP contribution in [0.3, 0.4) is 0 Å². The third-order valence-corrected chi connectivity index (χ3v) is 4.68. The van der Waals surface area contributed by atoms with Gasteiger partial charge in [-0.05, 0) is 56.2 Å². The SMILES string of the molecule is C/C(=C\C(=N)C(=O)N1CCc2ccccc2[C@H]1C)C1CC1. The Bertz CT molecular complexity index is 613. The number of nitrogens with one attached hydrogen (secondary N) is 1. The standard InChI is InChI=1S/C18H22N2O/c1-12(14-7-8-14)11-17(19)18(21)20-10-9-15-5-3-4-6-16(15)13(20)2/h3-6,11,13-14,19H,7-10H2,1-2H3/b12-11+,19-17?/t13-/m1/s1. The molecule has 1 atom stereocenters. The molecule has 1 aromatic rings. The lowest BCUT2D eigenvalue weighted by atomic mass is 9.93. The molecule has 0 aromatic heterocycles. The molecule has 1 aliphatic carbocycles. The molecule has 0 unspecified atom stereocenters. The van der Waals surface area contributed by atoms with Gasteiger partial charge in [-0.3, -0.25) is 10.2 Å². The second-order valence-electron chi connectivity index (χ2n) is 6.20. The minimum Gasteiger partial charge on any atom is -0.330 e. The zero-order valence-electron chi connectivity index (χ0n) is 12.7. The van der Waals surface area contributed by atoms with E-state index in [2.05, 4.69) is 19.1 Å². The average molecular weight is 282 g/mol. The number of hydrogen-bond donors (Lipinski definition) is 1. The maximum Gasteiger partial charge on any atom is 0.272 e. The highest BCUT2D eigenvalue weighted by Gasteiger charge is 2.29. The van der Waals surface area contributed by atoms with E-state index in [0.29, 0.717) is 12.5 Å². The number of benzene rings is 1. The molecule has 3 rings (SSSR count). The fourth-order valence-corrected chi connectivity index (χ4v) is 3.15. The number of fused-ring (bicyclic) bond motifs is 1. The lowest BCUT2D eigenvalue weighted by molar-refractivity contribution is -0.126. The van der Waals surface area contributed by atoms with Gasteiger partial charge in [0.2, 0.25) is 0 Å². The van der Waals surface area contributed by atoms with E-state index in [-0.39, 0.29) is 17.7 Å². The molecule has 2 aliphatic rings. The van der Waals surface area contributed by atoms with E-state index in [1.54, 1.807) is 6.08 Å². The largest absolute Gasteiger partial charge is 0.330 e.